The summed E-state index contributed by atoms with van der Waals surface area (Å²) in [4.78, 5) is 14.4. The number of hydrogen-bond donors (Lipinski definition) is 1. The zero-order valence-electron chi connectivity index (χ0n) is 8.94. The summed E-state index contributed by atoms with van der Waals surface area (Å²) in [6.07, 6.45) is 4.77. The summed E-state index contributed by atoms with van der Waals surface area (Å²) < 4.78 is 17.4. The van der Waals surface area contributed by atoms with Gasteiger partial charge in [0.2, 0.25) is 5.95 Å². The van der Waals surface area contributed by atoms with E-state index < -0.39 is 5.95 Å². The first kappa shape index (κ1) is 12.2. The van der Waals surface area contributed by atoms with Gasteiger partial charge in [0.05, 0.1) is 18.7 Å². The first-order valence-electron chi connectivity index (χ1n) is 4.86. The molecule has 0 amide bonds. The number of nitrogen functional groups attached to an aromatic ring is 1. The van der Waals surface area contributed by atoms with E-state index in [0.29, 0.717) is 12.2 Å². The van der Waals surface area contributed by atoms with Gasteiger partial charge in [0.1, 0.15) is 0 Å². The van der Waals surface area contributed by atoms with Crippen molar-refractivity contribution in [1.82, 2.24) is 4.98 Å². The molecule has 1 aromatic rings. The van der Waals surface area contributed by atoms with Crippen LogP contribution in [-0.4, -0.2) is 17.6 Å². The normalized spacial score (nSPS) is 10.6. The number of pyridine rings is 1. The number of nitrogens with two attached hydrogens (primary N) is 1. The number of aromatic nitrogens is 1. The van der Waals surface area contributed by atoms with Gasteiger partial charge in [-0.25, -0.2) is 4.98 Å². The highest BCUT2D eigenvalue weighted by Crippen LogP contribution is 2.10. The molecular weight excluding hydrogens is 211 g/mol. The summed E-state index contributed by atoms with van der Waals surface area (Å²) in [5, 5.41) is 0. The van der Waals surface area contributed by atoms with Crippen LogP contribution in [0.1, 0.15) is 18.9 Å². The minimum atomic E-state index is -0.692. The van der Waals surface area contributed by atoms with Crippen LogP contribution in [0.25, 0.3) is 6.08 Å². The van der Waals surface area contributed by atoms with E-state index in [1.54, 1.807) is 19.1 Å². The van der Waals surface area contributed by atoms with E-state index in [9.17, 15) is 9.18 Å². The molecule has 0 radical (unpaired) electrons. The van der Waals surface area contributed by atoms with Crippen LogP contribution in [0.3, 0.4) is 0 Å². The zero-order valence-corrected chi connectivity index (χ0v) is 8.94. The largest absolute Gasteiger partial charge is 0.466 e. The molecule has 5 heteroatoms. The van der Waals surface area contributed by atoms with E-state index in [4.69, 9.17) is 10.5 Å². The number of anilines is 1. The molecular formula is C11H13FN2O2. The minimum Gasteiger partial charge on any atom is -0.466 e. The van der Waals surface area contributed by atoms with Crippen molar-refractivity contribution in [2.24, 2.45) is 0 Å². The van der Waals surface area contributed by atoms with Gasteiger partial charge in [0.25, 0.3) is 0 Å². The highest BCUT2D eigenvalue weighted by molar-refractivity contribution is 5.72. The van der Waals surface area contributed by atoms with Gasteiger partial charge in [-0.15, -0.1) is 0 Å². The maximum absolute atomic E-state index is 12.7. The summed E-state index contributed by atoms with van der Waals surface area (Å²) in [7, 11) is 0. The molecule has 0 aromatic carbocycles. The Morgan fingerprint density at radius 3 is 3.06 bits per heavy atom. The van der Waals surface area contributed by atoms with Gasteiger partial charge in [0, 0.05) is 6.20 Å². The van der Waals surface area contributed by atoms with Crippen LogP contribution < -0.4 is 5.73 Å². The lowest BCUT2D eigenvalue weighted by Gasteiger charge is -1.98. The molecule has 86 valence electrons. The van der Waals surface area contributed by atoms with Crippen molar-refractivity contribution in [3.63, 3.8) is 0 Å². The van der Waals surface area contributed by atoms with E-state index in [0.717, 1.165) is 0 Å². The van der Waals surface area contributed by atoms with Crippen LogP contribution in [-0.2, 0) is 9.53 Å². The van der Waals surface area contributed by atoms with Gasteiger partial charge in [-0.2, -0.15) is 4.39 Å². The Bertz CT molecular complexity index is 405. The average molecular weight is 224 g/mol. The maximum atomic E-state index is 12.7. The van der Waals surface area contributed by atoms with Gasteiger partial charge >= 0.3 is 5.97 Å². The Balaban J connectivity index is 2.56. The SMILES string of the molecule is CCOC(=O)CC=Cc1cnc(F)c(N)c1. The summed E-state index contributed by atoms with van der Waals surface area (Å²) >= 11 is 0. The molecule has 0 aliphatic heterocycles. The second-order valence-electron chi connectivity index (χ2n) is 3.06. The van der Waals surface area contributed by atoms with Crippen molar-refractivity contribution in [3.8, 4) is 0 Å². The number of halogens is 1. The molecule has 1 heterocycles. The molecule has 0 saturated heterocycles. The Labute approximate surface area is 92.9 Å². The highest BCUT2D eigenvalue weighted by Gasteiger charge is 1.99. The van der Waals surface area contributed by atoms with Crippen LogP contribution >= 0.6 is 0 Å². The molecule has 0 saturated carbocycles. The lowest BCUT2D eigenvalue weighted by atomic mass is 10.2. The van der Waals surface area contributed by atoms with E-state index >= 15 is 0 Å². The fourth-order valence-electron chi connectivity index (χ4n) is 1.08. The van der Waals surface area contributed by atoms with E-state index in [-0.39, 0.29) is 18.1 Å². The molecule has 4 nitrogen and oxygen atoms in total. The predicted molar refractivity (Wildman–Crippen MR) is 58.9 cm³/mol. The number of esters is 1. The molecule has 1 aromatic heterocycles. The molecule has 16 heavy (non-hydrogen) atoms. The first-order chi connectivity index (χ1) is 7.63. The van der Waals surface area contributed by atoms with Crippen LogP contribution in [0, 0.1) is 5.95 Å². The summed E-state index contributed by atoms with van der Waals surface area (Å²) in [5.41, 5.74) is 5.96. The molecule has 0 spiro atoms. The third-order valence-electron chi connectivity index (χ3n) is 1.79. The smallest absolute Gasteiger partial charge is 0.309 e. The highest BCUT2D eigenvalue weighted by atomic mass is 19.1. The molecule has 2 N–H and O–H groups in total. The average Bonchev–Trinajstić information content (AvgIpc) is 2.24. The van der Waals surface area contributed by atoms with Crippen LogP contribution in [0.2, 0.25) is 0 Å². The van der Waals surface area contributed by atoms with Gasteiger partial charge in [-0.3, -0.25) is 4.79 Å². The quantitative estimate of drug-likeness (QED) is 0.625. The first-order valence-corrected chi connectivity index (χ1v) is 4.86. The monoisotopic (exact) mass is 224 g/mol. The van der Waals surface area contributed by atoms with Crippen LogP contribution in [0.4, 0.5) is 10.1 Å². The van der Waals surface area contributed by atoms with E-state index in [1.165, 1.54) is 12.3 Å². The molecule has 0 fully saturated rings. The number of carbonyl (C=O) groups is 1. The lowest BCUT2D eigenvalue weighted by Crippen LogP contribution is -2.01. The Morgan fingerprint density at radius 1 is 1.69 bits per heavy atom. The molecule has 0 unspecified atom stereocenters. The second-order valence-corrected chi connectivity index (χ2v) is 3.06. The van der Waals surface area contributed by atoms with Gasteiger partial charge in [0.15, 0.2) is 0 Å². The third kappa shape index (κ3) is 3.68. The maximum Gasteiger partial charge on any atom is 0.309 e. The standard InChI is InChI=1S/C11H13FN2O2/c1-2-16-10(15)5-3-4-8-6-9(13)11(12)14-7-8/h3-4,6-7H,2,5,13H2,1H3. The van der Waals surface area contributed by atoms with Crippen molar-refractivity contribution in [3.05, 3.63) is 29.9 Å². The topological polar surface area (TPSA) is 65.2 Å². The molecule has 0 aliphatic rings. The molecule has 1 rings (SSSR count). The number of carbonyl (C=O) groups excluding carboxylic acids is 1. The van der Waals surface area contributed by atoms with Crippen molar-refractivity contribution < 1.29 is 13.9 Å². The minimum absolute atomic E-state index is 0.0155. The number of rotatable bonds is 4. The van der Waals surface area contributed by atoms with Gasteiger partial charge in [-0.1, -0.05) is 12.2 Å². The van der Waals surface area contributed by atoms with Crippen molar-refractivity contribution in [2.75, 3.05) is 12.3 Å². The number of hydrogen-bond acceptors (Lipinski definition) is 4. The van der Waals surface area contributed by atoms with Crippen LogP contribution in [0.5, 0.6) is 0 Å². The summed E-state index contributed by atoms with van der Waals surface area (Å²) in [6, 6.07) is 1.45. The molecule has 0 bridgehead atoms. The number of nitrogens with zero attached hydrogens (tertiary/aromatic N) is 1. The predicted octanol–water partition coefficient (Wildman–Crippen LogP) is 1.77. The fourth-order valence-corrected chi connectivity index (χ4v) is 1.08. The van der Waals surface area contributed by atoms with Crippen LogP contribution in [0.15, 0.2) is 18.3 Å². The Kier molecular flexibility index (Phi) is 4.44. The Morgan fingerprint density at radius 2 is 2.44 bits per heavy atom. The number of ether oxygens (including phenoxy) is 1. The van der Waals surface area contributed by atoms with E-state index in [2.05, 4.69) is 4.98 Å². The van der Waals surface area contributed by atoms with E-state index in [1.807, 2.05) is 0 Å². The zero-order chi connectivity index (χ0) is 12.0. The van der Waals surface area contributed by atoms with Crippen molar-refractivity contribution in [1.29, 1.82) is 0 Å². The van der Waals surface area contributed by atoms with Crippen molar-refractivity contribution in [2.45, 2.75) is 13.3 Å². The molecule has 0 atom stereocenters. The third-order valence-corrected chi connectivity index (χ3v) is 1.79. The van der Waals surface area contributed by atoms with Gasteiger partial charge < -0.3 is 10.5 Å². The fraction of sp³-hybridized carbons (Fsp3) is 0.273. The van der Waals surface area contributed by atoms with Gasteiger partial charge in [-0.05, 0) is 18.6 Å². The Hall–Kier alpha value is -1.91. The summed E-state index contributed by atoms with van der Waals surface area (Å²) in [6.45, 7) is 2.10. The molecule has 0 aliphatic carbocycles. The second kappa shape index (κ2) is 5.85. The van der Waals surface area contributed by atoms with Crippen molar-refractivity contribution >= 4 is 17.7 Å². The lowest BCUT2D eigenvalue weighted by molar-refractivity contribution is -0.142. The summed E-state index contributed by atoms with van der Waals surface area (Å²) in [5.74, 6) is -0.996.